The number of rotatable bonds is 9. The Labute approximate surface area is 216 Å². The summed E-state index contributed by atoms with van der Waals surface area (Å²) in [6, 6.07) is 19.8. The van der Waals surface area contributed by atoms with Crippen LogP contribution in [0.3, 0.4) is 0 Å². The van der Waals surface area contributed by atoms with Gasteiger partial charge in [-0.25, -0.2) is 0 Å². The maximum absolute atomic E-state index is 12.8. The number of hydrogen-bond acceptors (Lipinski definition) is 8. The number of anilines is 1. The molecule has 1 saturated heterocycles. The molecule has 0 unspecified atom stereocenters. The Balaban J connectivity index is 1.43. The fraction of sp³-hybridized carbons (Fsp3) is 0.115. The second kappa shape index (κ2) is 11.4. The first-order valence-corrected chi connectivity index (χ1v) is 11.8. The molecule has 0 saturated carbocycles. The minimum absolute atomic E-state index is 0.0325. The van der Waals surface area contributed by atoms with Crippen LogP contribution in [0, 0.1) is 10.1 Å². The number of amides is 3. The number of para-hydroxylation sites is 1. The molecule has 1 aliphatic heterocycles. The smallest absolute Gasteiger partial charge is 0.294 e. The molecule has 0 spiro atoms. The minimum Gasteiger partial charge on any atom is -0.493 e. The van der Waals surface area contributed by atoms with E-state index < -0.39 is 28.5 Å². The number of nitro groups is 1. The quantitative estimate of drug-likeness (QED) is 0.241. The number of imide groups is 1. The molecule has 1 N–H and O–H groups in total. The summed E-state index contributed by atoms with van der Waals surface area (Å²) >= 11 is 0.745. The van der Waals surface area contributed by atoms with Gasteiger partial charge in [-0.05, 0) is 53.2 Å². The second-order valence-corrected chi connectivity index (χ2v) is 8.80. The molecule has 37 heavy (non-hydrogen) atoms. The highest BCUT2D eigenvalue weighted by molar-refractivity contribution is 8.18. The van der Waals surface area contributed by atoms with Crippen LogP contribution in [0.5, 0.6) is 11.5 Å². The lowest BCUT2D eigenvalue weighted by molar-refractivity contribution is -0.384. The Morgan fingerprint density at radius 2 is 1.84 bits per heavy atom. The average Bonchev–Trinajstić information content (AvgIpc) is 3.15. The van der Waals surface area contributed by atoms with Crippen molar-refractivity contribution in [2.75, 3.05) is 19.0 Å². The van der Waals surface area contributed by atoms with Gasteiger partial charge in [0.05, 0.1) is 16.9 Å². The zero-order chi connectivity index (χ0) is 26.4. The number of nitrogens with one attached hydrogen (secondary N) is 1. The van der Waals surface area contributed by atoms with Crippen molar-refractivity contribution < 1.29 is 28.8 Å². The number of non-ortho nitro benzene ring substituents is 1. The van der Waals surface area contributed by atoms with Gasteiger partial charge >= 0.3 is 0 Å². The third-order valence-corrected chi connectivity index (χ3v) is 6.14. The van der Waals surface area contributed by atoms with Gasteiger partial charge in [-0.2, -0.15) is 0 Å². The molecule has 3 amide bonds. The lowest BCUT2D eigenvalue weighted by Crippen LogP contribution is -2.36. The van der Waals surface area contributed by atoms with E-state index in [4.69, 9.17) is 9.47 Å². The van der Waals surface area contributed by atoms with Crippen LogP contribution in [0.15, 0.2) is 77.7 Å². The summed E-state index contributed by atoms with van der Waals surface area (Å²) in [5.41, 5.74) is 1.73. The van der Waals surface area contributed by atoms with Crippen molar-refractivity contribution in [1.29, 1.82) is 0 Å². The molecule has 0 aliphatic carbocycles. The normalized spacial score (nSPS) is 14.1. The summed E-state index contributed by atoms with van der Waals surface area (Å²) < 4.78 is 11.2. The van der Waals surface area contributed by atoms with Crippen LogP contribution in [-0.2, 0) is 16.2 Å². The monoisotopic (exact) mass is 519 g/mol. The predicted octanol–water partition coefficient (Wildman–Crippen LogP) is 4.86. The van der Waals surface area contributed by atoms with E-state index in [0.29, 0.717) is 28.3 Å². The fourth-order valence-electron chi connectivity index (χ4n) is 3.47. The van der Waals surface area contributed by atoms with Crippen LogP contribution in [0.1, 0.15) is 11.1 Å². The van der Waals surface area contributed by atoms with Crippen molar-refractivity contribution in [1.82, 2.24) is 4.90 Å². The lowest BCUT2D eigenvalue weighted by Gasteiger charge is -2.12. The summed E-state index contributed by atoms with van der Waals surface area (Å²) in [5, 5.41) is 13.1. The number of thioether (sulfide) groups is 1. The summed E-state index contributed by atoms with van der Waals surface area (Å²) in [7, 11) is 1.46. The van der Waals surface area contributed by atoms with Gasteiger partial charge in [0.2, 0.25) is 5.91 Å². The van der Waals surface area contributed by atoms with Gasteiger partial charge in [0.15, 0.2) is 11.5 Å². The number of benzene rings is 3. The minimum atomic E-state index is -0.567. The van der Waals surface area contributed by atoms with Crippen molar-refractivity contribution in [3.8, 4) is 11.5 Å². The molecule has 188 valence electrons. The Kier molecular flexibility index (Phi) is 7.84. The van der Waals surface area contributed by atoms with Gasteiger partial charge in [0, 0.05) is 17.8 Å². The summed E-state index contributed by atoms with van der Waals surface area (Å²) in [6.45, 7) is -0.314. The first-order valence-electron chi connectivity index (χ1n) is 11.0. The van der Waals surface area contributed by atoms with E-state index in [-0.39, 0.29) is 17.2 Å². The van der Waals surface area contributed by atoms with Crippen LogP contribution in [0.25, 0.3) is 6.08 Å². The topological polar surface area (TPSA) is 128 Å². The van der Waals surface area contributed by atoms with E-state index in [1.165, 1.54) is 25.3 Å². The van der Waals surface area contributed by atoms with Crippen molar-refractivity contribution in [3.63, 3.8) is 0 Å². The van der Waals surface area contributed by atoms with Gasteiger partial charge in [-0.1, -0.05) is 36.4 Å². The molecule has 0 aromatic heterocycles. The fourth-order valence-corrected chi connectivity index (χ4v) is 4.31. The molecule has 3 aromatic carbocycles. The van der Waals surface area contributed by atoms with E-state index in [0.717, 1.165) is 16.7 Å². The molecular weight excluding hydrogens is 498 g/mol. The lowest BCUT2D eigenvalue weighted by atomic mass is 10.1. The third kappa shape index (κ3) is 6.33. The zero-order valence-corrected chi connectivity index (χ0v) is 20.4. The summed E-state index contributed by atoms with van der Waals surface area (Å²) in [4.78, 5) is 49.1. The molecule has 10 nitrogen and oxygen atoms in total. The van der Waals surface area contributed by atoms with Crippen LogP contribution >= 0.6 is 11.8 Å². The largest absolute Gasteiger partial charge is 0.493 e. The molecule has 0 bridgehead atoms. The van der Waals surface area contributed by atoms with Crippen LogP contribution in [0.2, 0.25) is 0 Å². The number of nitrogens with zero attached hydrogens (tertiary/aromatic N) is 2. The SMILES string of the molecule is COc1cc(/C=C2\SC(=O)N(CC(=O)Nc3ccccc3)C2=O)ccc1OCc1cccc([N+](=O)[O-])c1. The first-order chi connectivity index (χ1) is 17.8. The molecule has 11 heteroatoms. The Bertz CT molecular complexity index is 1390. The van der Waals surface area contributed by atoms with E-state index in [9.17, 15) is 24.5 Å². The zero-order valence-electron chi connectivity index (χ0n) is 19.6. The maximum Gasteiger partial charge on any atom is 0.294 e. The molecule has 3 aromatic rings. The second-order valence-electron chi connectivity index (χ2n) is 7.81. The van der Waals surface area contributed by atoms with Crippen molar-refractivity contribution in [3.05, 3.63) is 98.9 Å². The third-order valence-electron chi connectivity index (χ3n) is 5.23. The van der Waals surface area contributed by atoms with Gasteiger partial charge in [-0.15, -0.1) is 0 Å². The molecule has 1 aliphatic rings. The number of methoxy groups -OCH3 is 1. The number of ether oxygens (including phenoxy) is 2. The number of carbonyl (C=O) groups excluding carboxylic acids is 3. The van der Waals surface area contributed by atoms with Gasteiger partial charge < -0.3 is 14.8 Å². The van der Waals surface area contributed by atoms with Gasteiger partial charge in [-0.3, -0.25) is 29.4 Å². The molecule has 1 heterocycles. The van der Waals surface area contributed by atoms with Crippen molar-refractivity contribution >= 4 is 46.3 Å². The van der Waals surface area contributed by atoms with E-state index >= 15 is 0 Å². The van der Waals surface area contributed by atoms with Crippen LogP contribution in [0.4, 0.5) is 16.2 Å². The van der Waals surface area contributed by atoms with Crippen LogP contribution in [-0.4, -0.2) is 40.5 Å². The first kappa shape index (κ1) is 25.5. The van der Waals surface area contributed by atoms with E-state index in [1.54, 1.807) is 54.6 Å². The Morgan fingerprint density at radius 3 is 2.57 bits per heavy atom. The van der Waals surface area contributed by atoms with E-state index in [2.05, 4.69) is 5.32 Å². The van der Waals surface area contributed by atoms with Crippen molar-refractivity contribution in [2.45, 2.75) is 6.61 Å². The highest BCUT2D eigenvalue weighted by atomic mass is 32.2. The maximum atomic E-state index is 12.8. The standard InChI is InChI=1S/C26H21N3O7S/c1-35-22-13-17(10-11-21(22)36-16-18-6-5-9-20(12-18)29(33)34)14-23-25(31)28(26(32)37-23)15-24(30)27-19-7-3-2-4-8-19/h2-14H,15-16H2,1H3,(H,27,30)/b23-14-. The number of hydrogen-bond donors (Lipinski definition) is 1. The Morgan fingerprint density at radius 1 is 1.05 bits per heavy atom. The number of nitro benzene ring substituents is 1. The number of carbonyl (C=O) groups is 3. The highest BCUT2D eigenvalue weighted by Crippen LogP contribution is 2.35. The molecule has 0 atom stereocenters. The predicted molar refractivity (Wildman–Crippen MR) is 138 cm³/mol. The average molecular weight is 520 g/mol. The summed E-state index contributed by atoms with van der Waals surface area (Å²) in [6.07, 6.45) is 1.53. The molecule has 1 fully saturated rings. The van der Waals surface area contributed by atoms with Gasteiger partial charge in [0.1, 0.15) is 13.2 Å². The Hall–Kier alpha value is -4.64. The molecule has 0 radical (unpaired) electrons. The summed E-state index contributed by atoms with van der Waals surface area (Å²) in [5.74, 6) is -0.276. The van der Waals surface area contributed by atoms with Crippen LogP contribution < -0.4 is 14.8 Å². The van der Waals surface area contributed by atoms with E-state index in [1.807, 2.05) is 6.07 Å². The highest BCUT2D eigenvalue weighted by Gasteiger charge is 2.36. The van der Waals surface area contributed by atoms with Gasteiger partial charge in [0.25, 0.3) is 16.8 Å². The molecular formula is C26H21N3O7S. The molecule has 4 rings (SSSR count). The van der Waals surface area contributed by atoms with Crippen molar-refractivity contribution in [2.24, 2.45) is 0 Å².